The van der Waals surface area contributed by atoms with Crippen LogP contribution in [-0.2, 0) is 13.1 Å². The number of amides is 1. The number of halogens is 2. The molecule has 8 nitrogen and oxygen atoms in total. The minimum absolute atomic E-state index is 0.0120. The van der Waals surface area contributed by atoms with E-state index in [-0.39, 0.29) is 23.2 Å². The van der Waals surface area contributed by atoms with Crippen molar-refractivity contribution < 1.29 is 9.18 Å². The topological polar surface area (TPSA) is 112 Å². The van der Waals surface area contributed by atoms with E-state index in [1.807, 2.05) is 6.07 Å². The number of hydrogen-bond acceptors (Lipinski definition) is 6. The Balaban J connectivity index is 1.43. The SMILES string of the molecule is Cc1cc(-c2nnn(C[C@H]3CC[C@H](N)CC3)n2)cc(C(=O)NCc2ccc(F)c(Cl)c2)n1. The van der Waals surface area contributed by atoms with E-state index in [0.717, 1.165) is 25.7 Å². The van der Waals surface area contributed by atoms with Crippen molar-refractivity contribution in [1.82, 2.24) is 30.5 Å². The molecule has 2 heterocycles. The zero-order valence-electron chi connectivity index (χ0n) is 17.8. The van der Waals surface area contributed by atoms with Gasteiger partial charge >= 0.3 is 0 Å². The van der Waals surface area contributed by atoms with E-state index in [9.17, 15) is 9.18 Å². The van der Waals surface area contributed by atoms with Gasteiger partial charge in [0.2, 0.25) is 5.82 Å². The lowest BCUT2D eigenvalue weighted by molar-refractivity contribution is 0.0945. The van der Waals surface area contributed by atoms with Crippen molar-refractivity contribution in [1.29, 1.82) is 0 Å². The molecule has 1 aliphatic rings. The van der Waals surface area contributed by atoms with Gasteiger partial charge in [-0.25, -0.2) is 9.37 Å². The first-order chi connectivity index (χ1) is 15.4. The first-order valence-electron chi connectivity index (χ1n) is 10.6. The number of carbonyl (C=O) groups is 1. The summed E-state index contributed by atoms with van der Waals surface area (Å²) in [6.45, 7) is 2.70. The fourth-order valence-corrected chi connectivity index (χ4v) is 4.08. The molecule has 10 heteroatoms. The average Bonchev–Trinajstić information content (AvgIpc) is 3.24. The second kappa shape index (κ2) is 9.70. The highest BCUT2D eigenvalue weighted by molar-refractivity contribution is 6.30. The van der Waals surface area contributed by atoms with Gasteiger partial charge < -0.3 is 11.1 Å². The molecule has 4 rings (SSSR count). The minimum Gasteiger partial charge on any atom is -0.347 e. The van der Waals surface area contributed by atoms with E-state index in [1.54, 1.807) is 23.9 Å². The molecule has 1 saturated carbocycles. The Kier molecular flexibility index (Phi) is 6.76. The summed E-state index contributed by atoms with van der Waals surface area (Å²) in [4.78, 5) is 18.6. The van der Waals surface area contributed by atoms with Gasteiger partial charge in [-0.3, -0.25) is 4.79 Å². The normalized spacial score (nSPS) is 18.5. The van der Waals surface area contributed by atoms with Gasteiger partial charge in [-0.1, -0.05) is 17.7 Å². The van der Waals surface area contributed by atoms with Crippen LogP contribution in [0.25, 0.3) is 11.4 Å². The second-order valence-electron chi connectivity index (χ2n) is 8.26. The Bertz CT molecular complexity index is 1110. The van der Waals surface area contributed by atoms with Gasteiger partial charge in [0, 0.05) is 23.8 Å². The molecule has 2 aromatic heterocycles. The Labute approximate surface area is 190 Å². The molecule has 1 aromatic carbocycles. The summed E-state index contributed by atoms with van der Waals surface area (Å²) in [5.41, 5.74) is 8.24. The number of nitrogens with one attached hydrogen (secondary N) is 1. The number of pyridine rings is 1. The quantitative estimate of drug-likeness (QED) is 0.587. The van der Waals surface area contributed by atoms with E-state index in [2.05, 4.69) is 25.7 Å². The number of nitrogens with two attached hydrogens (primary N) is 1. The van der Waals surface area contributed by atoms with Crippen molar-refractivity contribution in [2.75, 3.05) is 0 Å². The third-order valence-electron chi connectivity index (χ3n) is 5.65. The Hall–Kier alpha value is -2.91. The smallest absolute Gasteiger partial charge is 0.270 e. The first kappa shape index (κ1) is 22.3. The van der Waals surface area contributed by atoms with Gasteiger partial charge in [0.1, 0.15) is 11.5 Å². The summed E-state index contributed by atoms with van der Waals surface area (Å²) >= 11 is 5.80. The third-order valence-corrected chi connectivity index (χ3v) is 5.94. The third kappa shape index (κ3) is 5.46. The van der Waals surface area contributed by atoms with Crippen LogP contribution in [0.1, 0.15) is 47.4 Å². The summed E-state index contributed by atoms with van der Waals surface area (Å²) in [6, 6.07) is 8.07. The minimum atomic E-state index is -0.501. The first-order valence-corrected chi connectivity index (χ1v) is 11.0. The van der Waals surface area contributed by atoms with Gasteiger partial charge in [0.15, 0.2) is 0 Å². The van der Waals surface area contributed by atoms with Crippen LogP contribution in [0.3, 0.4) is 0 Å². The molecule has 0 atom stereocenters. The summed E-state index contributed by atoms with van der Waals surface area (Å²) in [5.74, 6) is 0.0837. The van der Waals surface area contributed by atoms with E-state index in [1.165, 1.54) is 12.1 Å². The lowest BCUT2D eigenvalue weighted by Gasteiger charge is -2.25. The van der Waals surface area contributed by atoms with Gasteiger partial charge in [0.05, 0.1) is 11.6 Å². The van der Waals surface area contributed by atoms with Crippen LogP contribution in [0.4, 0.5) is 4.39 Å². The van der Waals surface area contributed by atoms with Crippen LogP contribution in [0.5, 0.6) is 0 Å². The standard InChI is InChI=1S/C22H25ClFN7O/c1-13-8-16(21-28-30-31(29-21)12-14-2-5-17(25)6-3-14)10-20(27-13)22(32)26-11-15-4-7-19(24)18(23)9-15/h4,7-10,14,17H,2-3,5-6,11-12,25H2,1H3,(H,26,32)/t14-,17-. The van der Waals surface area contributed by atoms with Gasteiger partial charge in [-0.05, 0) is 73.6 Å². The highest BCUT2D eigenvalue weighted by atomic mass is 35.5. The van der Waals surface area contributed by atoms with Crippen molar-refractivity contribution in [2.24, 2.45) is 11.7 Å². The second-order valence-corrected chi connectivity index (χ2v) is 8.67. The van der Waals surface area contributed by atoms with Crippen molar-refractivity contribution in [2.45, 2.75) is 51.7 Å². The number of tetrazole rings is 1. The molecule has 3 aromatic rings. The molecule has 0 aliphatic heterocycles. The maximum Gasteiger partial charge on any atom is 0.270 e. The number of aryl methyl sites for hydroxylation is 1. The molecule has 32 heavy (non-hydrogen) atoms. The molecule has 1 fully saturated rings. The molecule has 0 unspecified atom stereocenters. The van der Waals surface area contributed by atoms with Crippen molar-refractivity contribution in [3.63, 3.8) is 0 Å². The van der Waals surface area contributed by atoms with Gasteiger partial charge in [0.25, 0.3) is 5.91 Å². The molecule has 0 bridgehead atoms. The predicted molar refractivity (Wildman–Crippen MR) is 118 cm³/mol. The molecule has 3 N–H and O–H groups in total. The van der Waals surface area contributed by atoms with Crippen LogP contribution in [0, 0.1) is 18.7 Å². The number of hydrogen-bond donors (Lipinski definition) is 2. The summed E-state index contributed by atoms with van der Waals surface area (Å²) < 4.78 is 13.3. The average molecular weight is 458 g/mol. The molecule has 1 aliphatic carbocycles. The van der Waals surface area contributed by atoms with E-state index >= 15 is 0 Å². The number of benzene rings is 1. The largest absolute Gasteiger partial charge is 0.347 e. The van der Waals surface area contributed by atoms with Crippen LogP contribution >= 0.6 is 11.6 Å². The van der Waals surface area contributed by atoms with E-state index in [4.69, 9.17) is 17.3 Å². The fraction of sp³-hybridized carbons (Fsp3) is 0.409. The molecular weight excluding hydrogens is 433 g/mol. The molecule has 0 spiro atoms. The molecule has 1 amide bonds. The zero-order chi connectivity index (χ0) is 22.7. The van der Waals surface area contributed by atoms with Gasteiger partial charge in [-0.2, -0.15) is 4.80 Å². The van der Waals surface area contributed by atoms with E-state index < -0.39 is 5.82 Å². The van der Waals surface area contributed by atoms with Gasteiger partial charge in [-0.15, -0.1) is 10.2 Å². The highest BCUT2D eigenvalue weighted by Gasteiger charge is 2.20. The maximum atomic E-state index is 13.3. The number of rotatable bonds is 6. The van der Waals surface area contributed by atoms with Crippen LogP contribution < -0.4 is 11.1 Å². The van der Waals surface area contributed by atoms with Crippen LogP contribution in [0.15, 0.2) is 30.3 Å². The summed E-state index contributed by atoms with van der Waals surface area (Å²) in [5, 5.41) is 15.6. The lowest BCUT2D eigenvalue weighted by Crippen LogP contribution is -2.28. The number of carbonyl (C=O) groups excluding carboxylic acids is 1. The van der Waals surface area contributed by atoms with Crippen molar-refractivity contribution >= 4 is 17.5 Å². The van der Waals surface area contributed by atoms with Crippen LogP contribution in [0.2, 0.25) is 5.02 Å². The lowest BCUT2D eigenvalue weighted by atomic mass is 9.86. The Morgan fingerprint density at radius 3 is 2.78 bits per heavy atom. The highest BCUT2D eigenvalue weighted by Crippen LogP contribution is 2.24. The molecular formula is C22H25ClFN7O. The van der Waals surface area contributed by atoms with E-state index in [0.29, 0.717) is 41.1 Å². The summed E-state index contributed by atoms with van der Waals surface area (Å²) in [6.07, 6.45) is 4.18. The number of nitrogens with zero attached hydrogens (tertiary/aromatic N) is 5. The monoisotopic (exact) mass is 457 g/mol. The maximum absolute atomic E-state index is 13.3. The number of aromatic nitrogens is 5. The van der Waals surface area contributed by atoms with Crippen molar-refractivity contribution in [3.05, 3.63) is 58.1 Å². The van der Waals surface area contributed by atoms with Crippen molar-refractivity contribution in [3.8, 4) is 11.4 Å². The molecule has 0 saturated heterocycles. The summed E-state index contributed by atoms with van der Waals surface area (Å²) in [7, 11) is 0. The fourth-order valence-electron chi connectivity index (χ4n) is 3.87. The Morgan fingerprint density at radius 1 is 1.25 bits per heavy atom. The zero-order valence-corrected chi connectivity index (χ0v) is 18.5. The molecule has 0 radical (unpaired) electrons. The predicted octanol–water partition coefficient (Wildman–Crippen LogP) is 3.28. The molecule has 168 valence electrons. The Morgan fingerprint density at radius 2 is 2.03 bits per heavy atom. The van der Waals surface area contributed by atoms with Crippen LogP contribution in [-0.4, -0.2) is 37.1 Å².